The van der Waals surface area contributed by atoms with Crippen LogP contribution in [0.3, 0.4) is 0 Å². The largest absolute Gasteiger partial charge is 0.355 e. The van der Waals surface area contributed by atoms with Crippen molar-refractivity contribution in [3.05, 3.63) is 30.1 Å². The van der Waals surface area contributed by atoms with Crippen molar-refractivity contribution in [1.29, 1.82) is 0 Å². The van der Waals surface area contributed by atoms with Gasteiger partial charge in [0.25, 0.3) is 0 Å². The minimum absolute atomic E-state index is 0.836. The molecule has 0 spiro atoms. The highest BCUT2D eigenvalue weighted by Gasteiger charge is 2.16. The summed E-state index contributed by atoms with van der Waals surface area (Å²) < 4.78 is 2.19. The summed E-state index contributed by atoms with van der Waals surface area (Å²) in [4.78, 5) is 7.30. The van der Waals surface area contributed by atoms with Crippen molar-refractivity contribution in [2.24, 2.45) is 0 Å². The number of unbranched alkanes of at least 4 members (excludes halogenated alkanes) is 2. The number of rotatable bonds is 8. The second-order valence-electron chi connectivity index (χ2n) is 5.14. The van der Waals surface area contributed by atoms with Crippen LogP contribution in [0.25, 0.3) is 5.65 Å². The van der Waals surface area contributed by atoms with Crippen molar-refractivity contribution >= 4 is 27.4 Å². The molecule has 3 nitrogen and oxygen atoms in total. The Morgan fingerprint density at radius 1 is 1.15 bits per heavy atom. The van der Waals surface area contributed by atoms with E-state index < -0.39 is 0 Å². The predicted molar refractivity (Wildman–Crippen MR) is 89.9 cm³/mol. The van der Waals surface area contributed by atoms with Crippen LogP contribution in [-0.4, -0.2) is 22.5 Å². The molecule has 0 aliphatic heterocycles. The molecule has 0 atom stereocenters. The van der Waals surface area contributed by atoms with E-state index in [9.17, 15) is 0 Å². The molecular weight excluding hydrogens is 314 g/mol. The topological polar surface area (TPSA) is 20.5 Å². The highest BCUT2D eigenvalue weighted by atomic mass is 79.9. The smallest absolute Gasteiger partial charge is 0.152 e. The van der Waals surface area contributed by atoms with Crippen LogP contribution < -0.4 is 4.90 Å². The molecule has 0 N–H and O–H groups in total. The molecule has 2 rings (SSSR count). The summed E-state index contributed by atoms with van der Waals surface area (Å²) >= 11 is 3.63. The van der Waals surface area contributed by atoms with E-state index in [1.54, 1.807) is 0 Å². The Balaban J connectivity index is 2.35. The number of halogens is 1. The maximum atomic E-state index is 4.85. The Bertz CT molecular complexity index is 528. The number of pyridine rings is 1. The molecule has 0 aromatic carbocycles. The number of fused-ring (bicyclic) bond motifs is 1. The van der Waals surface area contributed by atoms with Gasteiger partial charge >= 0.3 is 0 Å². The van der Waals surface area contributed by atoms with Gasteiger partial charge in [0.05, 0.1) is 5.69 Å². The monoisotopic (exact) mass is 337 g/mol. The molecule has 0 saturated carbocycles. The fourth-order valence-electron chi connectivity index (χ4n) is 2.43. The molecule has 0 unspecified atom stereocenters. The van der Waals surface area contributed by atoms with Crippen LogP contribution >= 0.6 is 15.9 Å². The summed E-state index contributed by atoms with van der Waals surface area (Å²) in [7, 11) is 0. The minimum Gasteiger partial charge on any atom is -0.355 e. The average molecular weight is 338 g/mol. The second kappa shape index (κ2) is 7.67. The van der Waals surface area contributed by atoms with E-state index in [-0.39, 0.29) is 0 Å². The Labute approximate surface area is 130 Å². The Hall–Kier alpha value is -1.03. The zero-order valence-electron chi connectivity index (χ0n) is 12.5. The van der Waals surface area contributed by atoms with Gasteiger partial charge in [0, 0.05) is 24.6 Å². The quantitative estimate of drug-likeness (QED) is 0.654. The molecule has 2 aromatic rings. The van der Waals surface area contributed by atoms with E-state index >= 15 is 0 Å². The number of anilines is 1. The van der Waals surface area contributed by atoms with Crippen LogP contribution in [0.15, 0.2) is 24.4 Å². The number of alkyl halides is 1. The van der Waals surface area contributed by atoms with Crippen molar-refractivity contribution in [3.63, 3.8) is 0 Å². The summed E-state index contributed by atoms with van der Waals surface area (Å²) in [6.07, 6.45) is 6.98. The molecule has 0 amide bonds. The molecule has 2 aromatic heterocycles. The van der Waals surface area contributed by atoms with E-state index in [0.29, 0.717) is 0 Å². The first kappa shape index (κ1) is 15.4. The van der Waals surface area contributed by atoms with Crippen LogP contribution in [-0.2, 0) is 5.33 Å². The van der Waals surface area contributed by atoms with E-state index in [0.717, 1.165) is 29.9 Å². The summed E-state index contributed by atoms with van der Waals surface area (Å²) in [6.45, 7) is 6.68. The normalized spacial score (nSPS) is 11.2. The maximum Gasteiger partial charge on any atom is 0.152 e. The molecule has 0 fully saturated rings. The molecule has 0 saturated heterocycles. The number of hydrogen-bond acceptors (Lipinski definition) is 2. The van der Waals surface area contributed by atoms with Gasteiger partial charge in [0.15, 0.2) is 5.82 Å². The van der Waals surface area contributed by atoms with Crippen molar-refractivity contribution in [1.82, 2.24) is 9.38 Å². The molecule has 0 radical (unpaired) electrons. The predicted octanol–water partition coefficient (Wildman–Crippen LogP) is 4.64. The van der Waals surface area contributed by atoms with Crippen LogP contribution in [0.5, 0.6) is 0 Å². The molecule has 0 aliphatic rings. The van der Waals surface area contributed by atoms with E-state index in [2.05, 4.69) is 57.4 Å². The average Bonchev–Trinajstić information content (AvgIpc) is 2.85. The first-order valence-electron chi connectivity index (χ1n) is 7.58. The lowest BCUT2D eigenvalue weighted by Gasteiger charge is -2.23. The zero-order valence-corrected chi connectivity index (χ0v) is 14.1. The first-order valence-corrected chi connectivity index (χ1v) is 8.70. The van der Waals surface area contributed by atoms with Gasteiger partial charge in [-0.2, -0.15) is 0 Å². The number of imidazole rings is 1. The molecule has 4 heteroatoms. The number of aromatic nitrogens is 2. The summed E-state index contributed by atoms with van der Waals surface area (Å²) in [6, 6.07) is 6.19. The summed E-state index contributed by atoms with van der Waals surface area (Å²) in [5.41, 5.74) is 2.29. The molecule has 110 valence electrons. The minimum atomic E-state index is 0.836. The van der Waals surface area contributed by atoms with Crippen LogP contribution in [0, 0.1) is 0 Å². The standard InChI is InChI=1S/C16H24BrN3/c1-3-5-10-19(11-6-4-2)16-14(13-17)20-12-8-7-9-15(20)18-16/h7-9,12H,3-6,10-11,13H2,1-2H3. The van der Waals surface area contributed by atoms with Gasteiger partial charge in [-0.25, -0.2) is 4.98 Å². The number of nitrogens with zero attached hydrogens (tertiary/aromatic N) is 3. The third kappa shape index (κ3) is 3.35. The van der Waals surface area contributed by atoms with E-state index in [1.165, 1.54) is 31.4 Å². The maximum absolute atomic E-state index is 4.85. The van der Waals surface area contributed by atoms with Gasteiger partial charge in [0.1, 0.15) is 5.65 Å². The van der Waals surface area contributed by atoms with Gasteiger partial charge < -0.3 is 9.30 Å². The summed E-state index contributed by atoms with van der Waals surface area (Å²) in [5.74, 6) is 1.15. The molecule has 0 aliphatic carbocycles. The van der Waals surface area contributed by atoms with Crippen LogP contribution in [0.4, 0.5) is 5.82 Å². The van der Waals surface area contributed by atoms with Crippen molar-refractivity contribution < 1.29 is 0 Å². The van der Waals surface area contributed by atoms with Gasteiger partial charge in [0.2, 0.25) is 0 Å². The molecule has 20 heavy (non-hydrogen) atoms. The van der Waals surface area contributed by atoms with Gasteiger partial charge in [-0.1, -0.05) is 48.7 Å². The SMILES string of the molecule is CCCCN(CCCC)c1nc2ccccn2c1CBr. The third-order valence-corrected chi connectivity index (χ3v) is 4.13. The Kier molecular flexibility index (Phi) is 5.89. The van der Waals surface area contributed by atoms with E-state index in [4.69, 9.17) is 4.98 Å². The summed E-state index contributed by atoms with van der Waals surface area (Å²) in [5, 5.41) is 0.836. The van der Waals surface area contributed by atoms with Crippen molar-refractivity contribution in [2.45, 2.75) is 44.9 Å². The highest BCUT2D eigenvalue weighted by Crippen LogP contribution is 2.24. The van der Waals surface area contributed by atoms with Gasteiger partial charge in [-0.05, 0) is 25.0 Å². The lowest BCUT2D eigenvalue weighted by molar-refractivity contribution is 0.671. The zero-order chi connectivity index (χ0) is 14.4. The van der Waals surface area contributed by atoms with E-state index in [1.807, 2.05) is 6.07 Å². The lowest BCUT2D eigenvalue weighted by atomic mass is 10.2. The number of hydrogen-bond donors (Lipinski definition) is 0. The first-order chi connectivity index (χ1) is 9.81. The molecule has 0 bridgehead atoms. The Morgan fingerprint density at radius 2 is 1.85 bits per heavy atom. The second-order valence-corrected chi connectivity index (χ2v) is 5.70. The van der Waals surface area contributed by atoms with Gasteiger partial charge in [-0.15, -0.1) is 0 Å². The van der Waals surface area contributed by atoms with Crippen molar-refractivity contribution in [3.8, 4) is 0 Å². The fraction of sp³-hybridized carbons (Fsp3) is 0.562. The van der Waals surface area contributed by atoms with Crippen LogP contribution in [0.2, 0.25) is 0 Å². The lowest BCUT2D eigenvalue weighted by Crippen LogP contribution is -2.27. The van der Waals surface area contributed by atoms with Gasteiger partial charge in [-0.3, -0.25) is 0 Å². The fourth-order valence-corrected chi connectivity index (χ4v) is 2.95. The Morgan fingerprint density at radius 3 is 2.45 bits per heavy atom. The van der Waals surface area contributed by atoms with Crippen LogP contribution in [0.1, 0.15) is 45.2 Å². The van der Waals surface area contributed by atoms with Crippen molar-refractivity contribution in [2.75, 3.05) is 18.0 Å². The molecular formula is C16H24BrN3. The third-order valence-electron chi connectivity index (χ3n) is 3.60. The highest BCUT2D eigenvalue weighted by molar-refractivity contribution is 9.08. The molecule has 2 heterocycles.